The van der Waals surface area contributed by atoms with Crippen molar-refractivity contribution in [1.82, 2.24) is 19.6 Å². The second-order valence-corrected chi connectivity index (χ2v) is 6.25. The molecule has 3 heterocycles. The van der Waals surface area contributed by atoms with Crippen molar-refractivity contribution in [1.29, 1.82) is 0 Å². The summed E-state index contributed by atoms with van der Waals surface area (Å²) in [6, 6.07) is 11.5. The summed E-state index contributed by atoms with van der Waals surface area (Å²) in [4.78, 5) is 7.76. The molecule has 3 aromatic rings. The van der Waals surface area contributed by atoms with Crippen LogP contribution in [0.4, 0.5) is 0 Å². The van der Waals surface area contributed by atoms with Gasteiger partial charge < -0.3 is 0 Å². The monoisotopic (exact) mass is 390 g/mol. The maximum Gasteiger partial charge on any atom is 0.155 e. The normalized spacial score (nSPS) is 8.00. The van der Waals surface area contributed by atoms with Gasteiger partial charge in [-0.05, 0) is 36.1 Å². The van der Waals surface area contributed by atoms with Gasteiger partial charge in [0.1, 0.15) is 6.33 Å². The van der Waals surface area contributed by atoms with Crippen molar-refractivity contribution < 1.29 is 0 Å². The van der Waals surface area contributed by atoms with Crippen LogP contribution in [-0.2, 0) is 0 Å². The Bertz CT molecular complexity index is 521. The third kappa shape index (κ3) is 28.6. The molecule has 0 atom stereocenters. The molecule has 0 unspecified atom stereocenters. The first kappa shape index (κ1) is 33.4. The van der Waals surface area contributed by atoms with Crippen LogP contribution in [0.3, 0.4) is 0 Å². The van der Waals surface area contributed by atoms with Gasteiger partial charge in [-0.15, -0.1) is 0 Å². The van der Waals surface area contributed by atoms with E-state index < -0.39 is 0 Å². The van der Waals surface area contributed by atoms with E-state index in [0.717, 1.165) is 17.5 Å². The zero-order valence-corrected chi connectivity index (χ0v) is 19.2. The van der Waals surface area contributed by atoms with Crippen molar-refractivity contribution in [3.8, 4) is 0 Å². The van der Waals surface area contributed by atoms with Crippen molar-refractivity contribution in [3.63, 3.8) is 0 Å². The molecule has 0 bridgehead atoms. The fourth-order valence-corrected chi connectivity index (χ4v) is 1.08. The largest absolute Gasteiger partial charge is 0.265 e. The number of pyridine rings is 2. The first-order valence-electron chi connectivity index (χ1n) is 10.0. The van der Waals surface area contributed by atoms with Gasteiger partial charge >= 0.3 is 0 Å². The molecule has 0 saturated carbocycles. The predicted octanol–water partition coefficient (Wildman–Crippen LogP) is 7.82. The van der Waals surface area contributed by atoms with Crippen LogP contribution in [0.25, 0.3) is 5.65 Å². The molecular weight excluding hydrogens is 344 g/mol. The van der Waals surface area contributed by atoms with Crippen molar-refractivity contribution in [2.45, 2.75) is 76.7 Å². The van der Waals surface area contributed by atoms with Gasteiger partial charge in [0.15, 0.2) is 5.65 Å². The van der Waals surface area contributed by atoms with E-state index in [1.165, 1.54) is 6.33 Å². The molecule has 162 valence electrons. The molecule has 4 heteroatoms. The van der Waals surface area contributed by atoms with Gasteiger partial charge in [-0.3, -0.25) is 4.98 Å². The van der Waals surface area contributed by atoms with E-state index >= 15 is 0 Å². The predicted molar refractivity (Wildman–Crippen MR) is 128 cm³/mol. The Morgan fingerprint density at radius 1 is 0.714 bits per heavy atom. The summed E-state index contributed by atoms with van der Waals surface area (Å²) in [7, 11) is 0. The highest BCUT2D eigenvalue weighted by molar-refractivity contribution is 5.34. The molecule has 3 rings (SSSR count). The number of fused-ring (bicyclic) bond motifs is 1. The van der Waals surface area contributed by atoms with Crippen LogP contribution in [0, 0.1) is 11.8 Å². The lowest BCUT2D eigenvalue weighted by atomic mass is 10.3. The number of hydrogen-bond acceptors (Lipinski definition) is 3. The van der Waals surface area contributed by atoms with Crippen molar-refractivity contribution in [2.75, 3.05) is 0 Å². The fraction of sp³-hybridized carbons (Fsp3) is 0.542. The second kappa shape index (κ2) is 27.0. The molecule has 0 radical (unpaired) electrons. The molecule has 4 nitrogen and oxygen atoms in total. The first-order valence-corrected chi connectivity index (χ1v) is 10.0. The fourth-order valence-electron chi connectivity index (χ4n) is 1.08. The molecule has 0 amide bonds. The lowest BCUT2D eigenvalue weighted by Gasteiger charge is -1.84. The van der Waals surface area contributed by atoms with Crippen molar-refractivity contribution >= 4 is 5.65 Å². The maximum atomic E-state index is 3.97. The zero-order valence-electron chi connectivity index (χ0n) is 19.2. The molecule has 0 aliphatic rings. The summed E-state index contributed by atoms with van der Waals surface area (Å²) in [5.41, 5.74) is 0.887. The first-order chi connectivity index (χ1) is 12.9. The second-order valence-electron chi connectivity index (χ2n) is 6.25. The average Bonchev–Trinajstić information content (AvgIpc) is 3.15. The van der Waals surface area contributed by atoms with Gasteiger partial charge in [0.25, 0.3) is 0 Å². The minimum Gasteiger partial charge on any atom is -0.265 e. The number of rotatable bonds is 0. The molecule has 3 aromatic heterocycles. The summed E-state index contributed by atoms with van der Waals surface area (Å²) in [5.74, 6) is 1.67. The van der Waals surface area contributed by atoms with Crippen LogP contribution < -0.4 is 0 Å². The average molecular weight is 391 g/mol. The van der Waals surface area contributed by atoms with Crippen LogP contribution in [0.1, 0.15) is 76.7 Å². The van der Waals surface area contributed by atoms with Gasteiger partial charge in [-0.1, -0.05) is 88.8 Å². The molecule has 0 N–H and O–H groups in total. The molecule has 0 aromatic carbocycles. The highest BCUT2D eigenvalue weighted by Gasteiger charge is 1.87. The van der Waals surface area contributed by atoms with E-state index in [4.69, 9.17) is 0 Å². The summed E-state index contributed by atoms with van der Waals surface area (Å²) in [5, 5.41) is 3.92. The van der Waals surface area contributed by atoms with Gasteiger partial charge in [-0.2, -0.15) is 5.10 Å². The Hall–Kier alpha value is -2.23. The van der Waals surface area contributed by atoms with Crippen LogP contribution in [0.2, 0.25) is 0 Å². The Balaban J connectivity index is -0.000000135. The highest BCUT2D eigenvalue weighted by Crippen LogP contribution is 1.93. The van der Waals surface area contributed by atoms with E-state index in [9.17, 15) is 0 Å². The van der Waals surface area contributed by atoms with Crippen molar-refractivity contribution in [2.24, 2.45) is 11.8 Å². The van der Waals surface area contributed by atoms with Crippen LogP contribution in [0.15, 0.2) is 61.3 Å². The summed E-state index contributed by atoms with van der Waals surface area (Å²) in [6.07, 6.45) is 6.90. The molecule has 0 aliphatic carbocycles. The smallest absolute Gasteiger partial charge is 0.155 e. The van der Waals surface area contributed by atoms with Gasteiger partial charge in [0, 0.05) is 18.6 Å². The SMILES string of the molecule is C.CC.CC.CC(C)C.CC(C)C.c1ccn2ncnc2c1.c1ccncc1. The molecular formula is C24H46N4. The highest BCUT2D eigenvalue weighted by atomic mass is 15.3. The Labute approximate surface area is 175 Å². The van der Waals surface area contributed by atoms with Gasteiger partial charge in [0.05, 0.1) is 0 Å². The molecule has 0 aliphatic heterocycles. The van der Waals surface area contributed by atoms with E-state index in [1.807, 2.05) is 70.3 Å². The third-order valence-electron chi connectivity index (χ3n) is 1.75. The Morgan fingerprint density at radius 2 is 1.18 bits per heavy atom. The summed E-state index contributed by atoms with van der Waals surface area (Å²) >= 11 is 0. The number of nitrogens with zero attached hydrogens (tertiary/aromatic N) is 4. The van der Waals surface area contributed by atoms with Gasteiger partial charge in [-0.25, -0.2) is 9.50 Å². The standard InChI is InChI=1S/C6H5N3.C5H5N.2C4H10.2C2H6.CH4/c1-2-4-9-6(3-1)7-5-8-9;1-2-4-6-5-3-1;2*1-4(2)3;2*1-2;/h1-5H;1-5H;2*4H,1-3H3;2*1-2H3;1H4. The quantitative estimate of drug-likeness (QED) is 0.393. The lowest BCUT2D eigenvalue weighted by Crippen LogP contribution is -1.82. The Kier molecular flexibility index (Phi) is 32.2. The lowest BCUT2D eigenvalue weighted by molar-refractivity contribution is 0.736. The molecule has 28 heavy (non-hydrogen) atoms. The zero-order chi connectivity index (χ0) is 21.5. The van der Waals surface area contributed by atoms with Gasteiger partial charge in [0.2, 0.25) is 0 Å². The molecule has 0 spiro atoms. The Morgan fingerprint density at radius 3 is 1.50 bits per heavy atom. The van der Waals surface area contributed by atoms with Crippen LogP contribution >= 0.6 is 0 Å². The van der Waals surface area contributed by atoms with E-state index in [0.29, 0.717) is 0 Å². The minimum absolute atomic E-state index is 0. The van der Waals surface area contributed by atoms with Crippen LogP contribution in [-0.4, -0.2) is 19.6 Å². The van der Waals surface area contributed by atoms with E-state index in [-0.39, 0.29) is 7.43 Å². The van der Waals surface area contributed by atoms with E-state index in [2.05, 4.69) is 56.6 Å². The number of aromatic nitrogens is 4. The van der Waals surface area contributed by atoms with Crippen molar-refractivity contribution in [3.05, 3.63) is 61.3 Å². The minimum atomic E-state index is 0. The van der Waals surface area contributed by atoms with Crippen LogP contribution in [0.5, 0.6) is 0 Å². The van der Waals surface area contributed by atoms with E-state index in [1.54, 1.807) is 16.9 Å². The number of hydrogen-bond donors (Lipinski definition) is 0. The topological polar surface area (TPSA) is 43.1 Å². The summed E-state index contributed by atoms with van der Waals surface area (Å²) < 4.78 is 1.72. The molecule has 0 fully saturated rings. The maximum absolute atomic E-state index is 3.97. The third-order valence-corrected chi connectivity index (χ3v) is 1.75. The molecule has 0 saturated heterocycles. The summed E-state index contributed by atoms with van der Waals surface area (Å²) in [6.45, 7) is 21.0.